The molecule has 1 N–H and O–H groups in total. The minimum absolute atomic E-state index is 0.113. The third kappa shape index (κ3) is 5.82. The van der Waals surface area contributed by atoms with Crippen LogP contribution in [0.15, 0.2) is 35.2 Å². The first-order valence-corrected chi connectivity index (χ1v) is 11.4. The molecule has 0 radical (unpaired) electrons. The lowest BCUT2D eigenvalue weighted by molar-refractivity contribution is 0.483. The second kappa shape index (κ2) is 10.1. The molecule has 0 aliphatic carbocycles. The molecule has 0 heterocycles. The van der Waals surface area contributed by atoms with Gasteiger partial charge in [0.25, 0.3) is 10.1 Å². The molecule has 2 aromatic carbocycles. The fourth-order valence-electron chi connectivity index (χ4n) is 3.54. The van der Waals surface area contributed by atoms with Crippen molar-refractivity contribution < 1.29 is 13.0 Å². The number of rotatable bonds is 11. The average Bonchev–Trinajstić information content (AvgIpc) is 2.61. The molecule has 4 heteroatoms. The molecule has 0 atom stereocenters. The summed E-state index contributed by atoms with van der Waals surface area (Å²) >= 11 is 0. The zero-order valence-corrected chi connectivity index (χ0v) is 16.9. The third-order valence-electron chi connectivity index (χ3n) is 4.99. The van der Waals surface area contributed by atoms with Crippen LogP contribution in [0.25, 0.3) is 10.8 Å². The van der Waals surface area contributed by atoms with E-state index in [9.17, 15) is 13.0 Å². The van der Waals surface area contributed by atoms with E-state index in [1.807, 2.05) is 24.3 Å². The molecule has 26 heavy (non-hydrogen) atoms. The Bertz CT molecular complexity index is 804. The molecule has 0 saturated carbocycles. The Labute approximate surface area is 158 Å². The summed E-state index contributed by atoms with van der Waals surface area (Å²) < 4.78 is 34.1. The summed E-state index contributed by atoms with van der Waals surface area (Å²) in [6, 6.07) is 9.83. The highest BCUT2D eigenvalue weighted by Crippen LogP contribution is 2.29. The predicted octanol–water partition coefficient (Wildman–Crippen LogP) is 6.33. The van der Waals surface area contributed by atoms with E-state index in [-0.39, 0.29) is 4.90 Å². The van der Waals surface area contributed by atoms with E-state index in [1.165, 1.54) is 19.3 Å². The summed E-state index contributed by atoms with van der Waals surface area (Å²) in [6.45, 7) is 4.35. The van der Waals surface area contributed by atoms with Crippen molar-refractivity contribution >= 4 is 20.9 Å². The molecular formula is C22H32O3S. The maximum Gasteiger partial charge on any atom is 0.295 e. The van der Waals surface area contributed by atoms with Crippen LogP contribution in [0.4, 0.5) is 0 Å². The quantitative estimate of drug-likeness (QED) is 0.368. The van der Waals surface area contributed by atoms with E-state index < -0.39 is 10.1 Å². The first-order valence-electron chi connectivity index (χ1n) is 9.99. The first-order chi connectivity index (χ1) is 12.5. The van der Waals surface area contributed by atoms with E-state index in [2.05, 4.69) is 19.9 Å². The van der Waals surface area contributed by atoms with Gasteiger partial charge in [-0.25, -0.2) is 0 Å². The second-order valence-corrected chi connectivity index (χ2v) is 8.56. The molecule has 0 aromatic heterocycles. The molecule has 3 nitrogen and oxygen atoms in total. The Morgan fingerprint density at radius 3 is 2.04 bits per heavy atom. The van der Waals surface area contributed by atoms with Gasteiger partial charge in [-0.05, 0) is 48.3 Å². The van der Waals surface area contributed by atoms with Gasteiger partial charge in [0.15, 0.2) is 0 Å². The zero-order valence-electron chi connectivity index (χ0n) is 16.1. The monoisotopic (exact) mass is 376 g/mol. The molecule has 0 spiro atoms. The number of hydrogen-bond acceptors (Lipinski definition) is 2. The van der Waals surface area contributed by atoms with Crippen LogP contribution in [0.3, 0.4) is 0 Å². The minimum atomic E-state index is -4.25. The van der Waals surface area contributed by atoms with E-state index >= 15 is 0 Å². The van der Waals surface area contributed by atoms with Gasteiger partial charge in [0.05, 0.1) is 0 Å². The average molecular weight is 377 g/mol. The van der Waals surface area contributed by atoms with Gasteiger partial charge >= 0.3 is 0 Å². The number of benzene rings is 2. The predicted molar refractivity (Wildman–Crippen MR) is 109 cm³/mol. The topological polar surface area (TPSA) is 54.4 Å². The number of fused-ring (bicyclic) bond motifs is 1. The van der Waals surface area contributed by atoms with Gasteiger partial charge in [0.1, 0.15) is 4.90 Å². The summed E-state index contributed by atoms with van der Waals surface area (Å²) in [5.41, 5.74) is 1.88. The number of unbranched alkanes of at least 4 members (excludes halogenated alkanes) is 6. The fraction of sp³-hybridized carbons (Fsp3) is 0.545. The molecule has 2 aromatic rings. The largest absolute Gasteiger partial charge is 0.295 e. The Balaban J connectivity index is 2.34. The van der Waals surface area contributed by atoms with Crippen LogP contribution in [-0.4, -0.2) is 13.0 Å². The molecule has 0 fully saturated rings. The minimum Gasteiger partial charge on any atom is -0.282 e. The van der Waals surface area contributed by atoms with Crippen molar-refractivity contribution in [1.82, 2.24) is 0 Å². The third-order valence-corrected chi connectivity index (χ3v) is 5.99. The van der Waals surface area contributed by atoms with E-state index in [1.54, 1.807) is 0 Å². The van der Waals surface area contributed by atoms with Crippen molar-refractivity contribution in [2.75, 3.05) is 0 Å². The lowest BCUT2D eigenvalue weighted by Crippen LogP contribution is -2.05. The standard InChI is InChI=1S/C22H32O3S/c1-3-5-7-9-11-18-13-14-19-15-16-20(12-10-8-6-4-2)22(21(19)17-18)26(23,24)25/h13-17H,3-12H2,1-2H3,(H,23,24,25). The van der Waals surface area contributed by atoms with Gasteiger partial charge in [0, 0.05) is 5.39 Å². The summed E-state index contributed by atoms with van der Waals surface area (Å²) in [7, 11) is -4.25. The summed E-state index contributed by atoms with van der Waals surface area (Å²) in [4.78, 5) is 0.113. The molecule has 0 saturated heterocycles. The van der Waals surface area contributed by atoms with Crippen LogP contribution in [0.5, 0.6) is 0 Å². The van der Waals surface area contributed by atoms with Crippen molar-refractivity contribution in [3.05, 3.63) is 41.5 Å². The normalized spacial score (nSPS) is 12.0. The fourth-order valence-corrected chi connectivity index (χ4v) is 4.50. The van der Waals surface area contributed by atoms with Crippen molar-refractivity contribution in [3.63, 3.8) is 0 Å². The van der Waals surface area contributed by atoms with E-state index in [4.69, 9.17) is 0 Å². The van der Waals surface area contributed by atoms with Crippen molar-refractivity contribution in [2.45, 2.75) is 83.0 Å². The molecular weight excluding hydrogens is 344 g/mol. The van der Waals surface area contributed by atoms with Gasteiger partial charge in [-0.2, -0.15) is 8.42 Å². The van der Waals surface area contributed by atoms with Crippen molar-refractivity contribution in [1.29, 1.82) is 0 Å². The smallest absolute Gasteiger partial charge is 0.282 e. The SMILES string of the molecule is CCCCCCc1ccc2ccc(CCCCCC)c(S(=O)(=O)O)c2c1. The van der Waals surface area contributed by atoms with Gasteiger partial charge in [-0.15, -0.1) is 0 Å². The lowest BCUT2D eigenvalue weighted by Gasteiger charge is -2.12. The first kappa shape index (κ1) is 20.9. The van der Waals surface area contributed by atoms with Gasteiger partial charge in [-0.1, -0.05) is 76.6 Å². The highest BCUT2D eigenvalue weighted by molar-refractivity contribution is 7.86. The van der Waals surface area contributed by atoms with Crippen LogP contribution >= 0.6 is 0 Å². The summed E-state index contributed by atoms with van der Waals surface area (Å²) in [6.07, 6.45) is 10.7. The maximum absolute atomic E-state index is 12.1. The van der Waals surface area contributed by atoms with Crippen LogP contribution in [0, 0.1) is 0 Å². The van der Waals surface area contributed by atoms with Crippen LogP contribution in [-0.2, 0) is 23.0 Å². The van der Waals surface area contributed by atoms with Gasteiger partial charge in [-0.3, -0.25) is 4.55 Å². The Hall–Kier alpha value is -1.39. The molecule has 0 aliphatic heterocycles. The molecule has 144 valence electrons. The molecule has 0 amide bonds. The summed E-state index contributed by atoms with van der Waals surface area (Å²) in [5.74, 6) is 0. The number of hydrogen-bond donors (Lipinski definition) is 1. The molecule has 0 bridgehead atoms. The Morgan fingerprint density at radius 2 is 1.42 bits per heavy atom. The Morgan fingerprint density at radius 1 is 0.808 bits per heavy atom. The van der Waals surface area contributed by atoms with Crippen molar-refractivity contribution in [2.24, 2.45) is 0 Å². The van der Waals surface area contributed by atoms with Crippen LogP contribution in [0.1, 0.15) is 76.3 Å². The van der Waals surface area contributed by atoms with Crippen LogP contribution < -0.4 is 0 Å². The molecule has 2 rings (SSSR count). The van der Waals surface area contributed by atoms with Gasteiger partial charge < -0.3 is 0 Å². The molecule has 0 unspecified atom stereocenters. The second-order valence-electron chi connectivity index (χ2n) is 7.21. The highest BCUT2D eigenvalue weighted by atomic mass is 32.2. The summed E-state index contributed by atoms with van der Waals surface area (Å²) in [5, 5.41) is 1.53. The van der Waals surface area contributed by atoms with Crippen molar-refractivity contribution in [3.8, 4) is 0 Å². The van der Waals surface area contributed by atoms with Crippen LogP contribution in [0.2, 0.25) is 0 Å². The lowest BCUT2D eigenvalue weighted by atomic mass is 9.98. The van der Waals surface area contributed by atoms with E-state index in [0.29, 0.717) is 11.8 Å². The zero-order chi connectivity index (χ0) is 19.0. The van der Waals surface area contributed by atoms with E-state index in [0.717, 1.165) is 55.0 Å². The number of aryl methyl sites for hydroxylation is 2. The molecule has 0 aliphatic rings. The maximum atomic E-state index is 12.1. The van der Waals surface area contributed by atoms with Gasteiger partial charge in [0.2, 0.25) is 0 Å². The Kier molecular flexibility index (Phi) is 8.11. The highest BCUT2D eigenvalue weighted by Gasteiger charge is 2.19.